The molecule has 0 radical (unpaired) electrons. The van der Waals surface area contributed by atoms with E-state index in [1.165, 1.54) is 12.1 Å². The number of ether oxygens (including phenoxy) is 1. The van der Waals surface area contributed by atoms with Gasteiger partial charge in [-0.15, -0.1) is 0 Å². The lowest BCUT2D eigenvalue weighted by atomic mass is 10.2. The van der Waals surface area contributed by atoms with Gasteiger partial charge in [-0.2, -0.15) is 0 Å². The molecule has 0 saturated carbocycles. The predicted octanol–water partition coefficient (Wildman–Crippen LogP) is 0.939. The first-order valence-electron chi connectivity index (χ1n) is 5.20. The lowest BCUT2D eigenvalue weighted by Crippen LogP contribution is -2.16. The van der Waals surface area contributed by atoms with Crippen molar-refractivity contribution in [3.05, 3.63) is 23.8 Å². The molecular weight excluding hydrogens is 258 g/mol. The van der Waals surface area contributed by atoms with Crippen molar-refractivity contribution in [2.45, 2.75) is 11.8 Å². The molecule has 0 aromatic heterocycles. The molecule has 0 fully saturated rings. The summed E-state index contributed by atoms with van der Waals surface area (Å²) in [6, 6.07) is 4.43. The van der Waals surface area contributed by atoms with Crippen molar-refractivity contribution in [1.82, 2.24) is 0 Å². The fraction of sp³-hybridized carbons (Fsp3) is 0.364. The van der Waals surface area contributed by atoms with Crippen LogP contribution in [0.1, 0.15) is 5.56 Å². The minimum atomic E-state index is -3.33. The van der Waals surface area contributed by atoms with Crippen LogP contribution in [0.5, 0.6) is 0 Å². The Kier molecular flexibility index (Phi) is 4.69. The predicted molar refractivity (Wildman–Crippen MR) is 66.3 cm³/mol. The zero-order chi connectivity index (χ0) is 13.8. The van der Waals surface area contributed by atoms with Gasteiger partial charge in [-0.25, -0.2) is 13.2 Å². The molecule has 7 heteroatoms. The Balaban J connectivity index is 2.92. The van der Waals surface area contributed by atoms with Crippen LogP contribution in [0, 0.1) is 6.92 Å². The number of hydrogen-bond donors (Lipinski definition) is 2. The van der Waals surface area contributed by atoms with Crippen LogP contribution in [-0.2, 0) is 14.6 Å². The quantitative estimate of drug-likeness (QED) is 0.851. The molecule has 1 aromatic rings. The maximum absolute atomic E-state index is 11.4. The highest BCUT2D eigenvalue weighted by molar-refractivity contribution is 7.90. The molecule has 0 saturated heterocycles. The van der Waals surface area contributed by atoms with Gasteiger partial charge in [0.25, 0.3) is 0 Å². The summed E-state index contributed by atoms with van der Waals surface area (Å²) in [7, 11) is -3.33. The summed E-state index contributed by atoms with van der Waals surface area (Å²) in [6.07, 6.45) is 0.351. The van der Waals surface area contributed by atoms with E-state index in [1.807, 2.05) is 0 Å². The Labute approximate surface area is 106 Å². The number of carbonyl (C=O) groups is 1. The van der Waals surface area contributed by atoms with Crippen LogP contribution in [0.3, 0.4) is 0 Å². The summed E-state index contributed by atoms with van der Waals surface area (Å²) < 4.78 is 27.4. The van der Waals surface area contributed by atoms with Crippen LogP contribution in [-0.4, -0.2) is 39.1 Å². The Bertz CT molecular complexity index is 538. The first-order valence-corrected chi connectivity index (χ1v) is 7.09. The van der Waals surface area contributed by atoms with Crippen LogP contribution < -0.4 is 5.32 Å². The molecule has 1 amide bonds. The van der Waals surface area contributed by atoms with Crippen LogP contribution >= 0.6 is 0 Å². The topological polar surface area (TPSA) is 92.7 Å². The first kappa shape index (κ1) is 14.5. The maximum Gasteiger partial charge on any atom is 0.411 e. The number of aliphatic hydroxyl groups excluding tert-OH is 1. The second-order valence-corrected chi connectivity index (χ2v) is 5.75. The summed E-state index contributed by atoms with van der Waals surface area (Å²) in [4.78, 5) is 11.4. The minimum Gasteiger partial charge on any atom is -0.447 e. The van der Waals surface area contributed by atoms with Crippen LogP contribution in [0.4, 0.5) is 10.5 Å². The van der Waals surface area contributed by atoms with Gasteiger partial charge in [-0.1, -0.05) is 6.07 Å². The summed E-state index contributed by atoms with van der Waals surface area (Å²) in [5.74, 6) is 0. The van der Waals surface area contributed by atoms with E-state index in [9.17, 15) is 13.2 Å². The number of sulfone groups is 1. The Morgan fingerprint density at radius 1 is 1.44 bits per heavy atom. The summed E-state index contributed by atoms with van der Waals surface area (Å²) in [5.41, 5.74) is 1.07. The standard InChI is InChI=1S/C11H15NO5S/c1-8-3-4-9(18(2,15)16)7-10(8)12-11(14)17-6-5-13/h3-4,7,13H,5-6H2,1-2H3,(H,12,14). The highest BCUT2D eigenvalue weighted by Gasteiger charge is 2.11. The van der Waals surface area contributed by atoms with Crippen molar-refractivity contribution < 1.29 is 23.1 Å². The molecule has 0 spiro atoms. The van der Waals surface area contributed by atoms with Gasteiger partial charge >= 0.3 is 6.09 Å². The van der Waals surface area contributed by atoms with Gasteiger partial charge in [-0.3, -0.25) is 5.32 Å². The molecule has 0 atom stereocenters. The van der Waals surface area contributed by atoms with Gasteiger partial charge in [0.05, 0.1) is 11.5 Å². The van der Waals surface area contributed by atoms with E-state index in [-0.39, 0.29) is 18.1 Å². The Hall–Kier alpha value is -1.60. The zero-order valence-corrected chi connectivity index (χ0v) is 11.0. The molecule has 0 unspecified atom stereocenters. The number of amides is 1. The van der Waals surface area contributed by atoms with Crippen molar-refractivity contribution in [2.24, 2.45) is 0 Å². The fourth-order valence-corrected chi connectivity index (χ4v) is 1.90. The molecule has 1 aromatic carbocycles. The maximum atomic E-state index is 11.4. The average molecular weight is 273 g/mol. The van der Waals surface area contributed by atoms with Gasteiger partial charge < -0.3 is 9.84 Å². The third-order valence-corrected chi connectivity index (χ3v) is 3.31. The number of aliphatic hydroxyl groups is 1. The first-order chi connectivity index (χ1) is 8.34. The van der Waals surface area contributed by atoms with Crippen molar-refractivity contribution in [1.29, 1.82) is 0 Å². The molecule has 0 bridgehead atoms. The highest BCUT2D eigenvalue weighted by atomic mass is 32.2. The molecule has 0 aliphatic rings. The molecule has 100 valence electrons. The van der Waals surface area contributed by atoms with Gasteiger partial charge in [0.2, 0.25) is 0 Å². The molecule has 18 heavy (non-hydrogen) atoms. The van der Waals surface area contributed by atoms with E-state index in [1.54, 1.807) is 13.0 Å². The Morgan fingerprint density at radius 3 is 2.67 bits per heavy atom. The average Bonchev–Trinajstić information content (AvgIpc) is 2.28. The van der Waals surface area contributed by atoms with Gasteiger partial charge in [-0.05, 0) is 24.6 Å². The molecule has 2 N–H and O–H groups in total. The van der Waals surface area contributed by atoms with Crippen LogP contribution in [0.15, 0.2) is 23.1 Å². The lowest BCUT2D eigenvalue weighted by molar-refractivity contribution is 0.131. The van der Waals surface area contributed by atoms with Gasteiger partial charge in [0.15, 0.2) is 9.84 Å². The van der Waals surface area contributed by atoms with E-state index in [0.717, 1.165) is 6.26 Å². The summed E-state index contributed by atoms with van der Waals surface area (Å²) in [6.45, 7) is 1.35. The van der Waals surface area contributed by atoms with E-state index in [2.05, 4.69) is 10.1 Å². The number of anilines is 1. The largest absolute Gasteiger partial charge is 0.447 e. The molecule has 0 heterocycles. The number of benzene rings is 1. The molecule has 0 aliphatic carbocycles. The summed E-state index contributed by atoms with van der Waals surface area (Å²) in [5, 5.41) is 10.9. The molecule has 0 aliphatic heterocycles. The van der Waals surface area contributed by atoms with Crippen molar-refractivity contribution in [3.8, 4) is 0 Å². The number of nitrogens with one attached hydrogen (secondary N) is 1. The van der Waals surface area contributed by atoms with Gasteiger partial charge in [0.1, 0.15) is 6.61 Å². The molecule has 6 nitrogen and oxygen atoms in total. The number of hydrogen-bond acceptors (Lipinski definition) is 5. The van der Waals surface area contributed by atoms with Crippen LogP contribution in [0.2, 0.25) is 0 Å². The highest BCUT2D eigenvalue weighted by Crippen LogP contribution is 2.20. The van der Waals surface area contributed by atoms with E-state index in [4.69, 9.17) is 5.11 Å². The fourth-order valence-electron chi connectivity index (χ4n) is 1.25. The molecular formula is C11H15NO5S. The monoisotopic (exact) mass is 273 g/mol. The summed E-state index contributed by atoms with van der Waals surface area (Å²) >= 11 is 0. The SMILES string of the molecule is Cc1ccc(S(C)(=O)=O)cc1NC(=O)OCCO. The van der Waals surface area contributed by atoms with Crippen molar-refractivity contribution in [2.75, 3.05) is 24.8 Å². The van der Waals surface area contributed by atoms with Crippen molar-refractivity contribution in [3.63, 3.8) is 0 Å². The lowest BCUT2D eigenvalue weighted by Gasteiger charge is -2.10. The van der Waals surface area contributed by atoms with Crippen molar-refractivity contribution >= 4 is 21.6 Å². The number of rotatable bonds is 4. The van der Waals surface area contributed by atoms with E-state index in [0.29, 0.717) is 11.3 Å². The third kappa shape index (κ3) is 4.01. The van der Waals surface area contributed by atoms with E-state index < -0.39 is 15.9 Å². The smallest absolute Gasteiger partial charge is 0.411 e. The zero-order valence-electron chi connectivity index (χ0n) is 10.1. The van der Waals surface area contributed by atoms with Crippen LogP contribution in [0.25, 0.3) is 0 Å². The third-order valence-electron chi connectivity index (χ3n) is 2.20. The minimum absolute atomic E-state index is 0.114. The normalized spacial score (nSPS) is 11.1. The molecule has 1 rings (SSSR count). The number of carbonyl (C=O) groups excluding carboxylic acids is 1. The number of aryl methyl sites for hydroxylation is 1. The second-order valence-electron chi connectivity index (χ2n) is 3.73. The second kappa shape index (κ2) is 5.83. The van der Waals surface area contributed by atoms with E-state index >= 15 is 0 Å². The van der Waals surface area contributed by atoms with Gasteiger partial charge in [0, 0.05) is 11.9 Å². The Morgan fingerprint density at radius 2 is 2.11 bits per heavy atom.